The Bertz CT molecular complexity index is 314. The Kier molecular flexibility index (Phi) is 6.62. The van der Waals surface area contributed by atoms with Crippen molar-refractivity contribution in [3.8, 4) is 0 Å². The van der Waals surface area contributed by atoms with Crippen molar-refractivity contribution in [1.29, 1.82) is 0 Å². The maximum absolute atomic E-state index is 12.3. The van der Waals surface area contributed by atoms with Crippen LogP contribution in [0.2, 0.25) is 0 Å². The molecule has 1 aliphatic heterocycles. The number of oxime groups is 1. The van der Waals surface area contributed by atoms with Gasteiger partial charge in [0.2, 0.25) is 5.91 Å². The van der Waals surface area contributed by atoms with E-state index in [2.05, 4.69) is 5.16 Å². The first-order valence-corrected chi connectivity index (χ1v) is 6.90. The Morgan fingerprint density at radius 1 is 1.53 bits per heavy atom. The van der Waals surface area contributed by atoms with E-state index in [1.54, 1.807) is 11.9 Å². The van der Waals surface area contributed by atoms with Gasteiger partial charge >= 0.3 is 0 Å². The third-order valence-electron chi connectivity index (χ3n) is 3.60. The molecular weight excluding hydrogens is 246 g/mol. The molecule has 0 aromatic carbocycles. The summed E-state index contributed by atoms with van der Waals surface area (Å²) in [6.07, 6.45) is 3.39. The van der Waals surface area contributed by atoms with Gasteiger partial charge in [0.15, 0.2) is 5.84 Å². The van der Waals surface area contributed by atoms with Gasteiger partial charge < -0.3 is 20.6 Å². The van der Waals surface area contributed by atoms with Crippen molar-refractivity contribution >= 4 is 11.7 Å². The second-order valence-electron chi connectivity index (χ2n) is 5.14. The lowest BCUT2D eigenvalue weighted by molar-refractivity contribution is -0.133. The number of hydrogen-bond donors (Lipinski definition) is 2. The number of nitrogens with zero attached hydrogens (tertiary/aromatic N) is 2. The van der Waals surface area contributed by atoms with E-state index in [1.165, 1.54) is 0 Å². The summed E-state index contributed by atoms with van der Waals surface area (Å²) in [6.45, 7) is 4.22. The van der Waals surface area contributed by atoms with Crippen LogP contribution >= 0.6 is 0 Å². The molecule has 1 amide bonds. The van der Waals surface area contributed by atoms with E-state index in [9.17, 15) is 4.79 Å². The standard InChI is InChI=1S/C13H25N3O3/c1-3-4-11(12(14)15-18)13(17)16(2)9-10-5-7-19-8-6-10/h10-11,18H,3-9H2,1-2H3,(H2,14,15). The predicted octanol–water partition coefficient (Wildman–Crippen LogP) is 1.03. The summed E-state index contributed by atoms with van der Waals surface area (Å²) in [5.41, 5.74) is 5.61. The Morgan fingerprint density at radius 2 is 2.16 bits per heavy atom. The lowest BCUT2D eigenvalue weighted by Gasteiger charge is -2.29. The molecule has 0 saturated carbocycles. The summed E-state index contributed by atoms with van der Waals surface area (Å²) >= 11 is 0. The first-order valence-electron chi connectivity index (χ1n) is 6.90. The number of carbonyl (C=O) groups excluding carboxylic acids is 1. The molecule has 6 heteroatoms. The zero-order valence-electron chi connectivity index (χ0n) is 11.8. The maximum Gasteiger partial charge on any atom is 0.233 e. The van der Waals surface area contributed by atoms with Crippen molar-refractivity contribution in [1.82, 2.24) is 4.90 Å². The van der Waals surface area contributed by atoms with Crippen molar-refractivity contribution in [3.63, 3.8) is 0 Å². The molecule has 0 aliphatic carbocycles. The first kappa shape index (κ1) is 15.8. The van der Waals surface area contributed by atoms with E-state index in [0.29, 0.717) is 18.9 Å². The number of hydrogen-bond acceptors (Lipinski definition) is 4. The summed E-state index contributed by atoms with van der Waals surface area (Å²) in [5, 5.41) is 11.7. The Labute approximate surface area is 114 Å². The summed E-state index contributed by atoms with van der Waals surface area (Å²) in [5.74, 6) is -0.0913. The van der Waals surface area contributed by atoms with Crippen molar-refractivity contribution in [2.24, 2.45) is 22.7 Å². The molecule has 0 radical (unpaired) electrons. The number of rotatable bonds is 6. The van der Waals surface area contributed by atoms with Crippen LogP contribution in [0.5, 0.6) is 0 Å². The molecule has 0 bridgehead atoms. The molecule has 1 saturated heterocycles. The highest BCUT2D eigenvalue weighted by molar-refractivity contribution is 6.01. The minimum atomic E-state index is -0.514. The Hall–Kier alpha value is -1.30. The third kappa shape index (κ3) is 4.70. The average Bonchev–Trinajstić information content (AvgIpc) is 2.44. The molecule has 1 fully saturated rings. The Balaban J connectivity index is 2.56. The van der Waals surface area contributed by atoms with Gasteiger partial charge in [-0.05, 0) is 25.2 Å². The average molecular weight is 271 g/mol. The summed E-state index contributed by atoms with van der Waals surface area (Å²) in [4.78, 5) is 14.0. The zero-order chi connectivity index (χ0) is 14.3. The molecule has 1 atom stereocenters. The van der Waals surface area contributed by atoms with Gasteiger partial charge in [-0.25, -0.2) is 0 Å². The van der Waals surface area contributed by atoms with Gasteiger partial charge in [0, 0.05) is 26.8 Å². The van der Waals surface area contributed by atoms with E-state index in [0.717, 1.165) is 32.5 Å². The quantitative estimate of drug-likeness (QED) is 0.327. The van der Waals surface area contributed by atoms with Gasteiger partial charge in [-0.2, -0.15) is 0 Å². The van der Waals surface area contributed by atoms with Crippen molar-refractivity contribution < 1.29 is 14.7 Å². The second-order valence-corrected chi connectivity index (χ2v) is 5.14. The molecular formula is C13H25N3O3. The van der Waals surface area contributed by atoms with Gasteiger partial charge in [-0.15, -0.1) is 0 Å². The molecule has 0 spiro atoms. The fraction of sp³-hybridized carbons (Fsp3) is 0.846. The van der Waals surface area contributed by atoms with Gasteiger partial charge in [-0.1, -0.05) is 18.5 Å². The third-order valence-corrected chi connectivity index (χ3v) is 3.60. The molecule has 19 heavy (non-hydrogen) atoms. The topological polar surface area (TPSA) is 88.2 Å². The van der Waals surface area contributed by atoms with E-state index < -0.39 is 5.92 Å². The van der Waals surface area contributed by atoms with Crippen LogP contribution in [-0.4, -0.2) is 48.7 Å². The van der Waals surface area contributed by atoms with E-state index in [-0.39, 0.29) is 11.7 Å². The van der Waals surface area contributed by atoms with Crippen LogP contribution in [0, 0.1) is 11.8 Å². The number of amidine groups is 1. The summed E-state index contributed by atoms with van der Waals surface area (Å²) in [7, 11) is 1.78. The van der Waals surface area contributed by atoms with Crippen molar-refractivity contribution in [2.45, 2.75) is 32.6 Å². The first-order chi connectivity index (χ1) is 9.10. The predicted molar refractivity (Wildman–Crippen MR) is 73.0 cm³/mol. The molecule has 6 nitrogen and oxygen atoms in total. The maximum atomic E-state index is 12.3. The van der Waals surface area contributed by atoms with Gasteiger partial charge in [-0.3, -0.25) is 4.79 Å². The number of nitrogens with two attached hydrogens (primary N) is 1. The van der Waals surface area contributed by atoms with Crippen molar-refractivity contribution in [3.05, 3.63) is 0 Å². The molecule has 0 aromatic rings. The SMILES string of the molecule is CCCC(C(=O)N(C)CC1CCOCC1)C(N)=NO. The molecule has 110 valence electrons. The summed E-state index contributed by atoms with van der Waals surface area (Å²) in [6, 6.07) is 0. The van der Waals surface area contributed by atoms with Crippen LogP contribution < -0.4 is 5.73 Å². The van der Waals surface area contributed by atoms with Gasteiger partial charge in [0.05, 0.1) is 5.92 Å². The smallest absolute Gasteiger partial charge is 0.233 e. The van der Waals surface area contributed by atoms with E-state index in [4.69, 9.17) is 15.7 Å². The molecule has 1 rings (SSSR count). The fourth-order valence-corrected chi connectivity index (χ4v) is 2.43. The number of amides is 1. The van der Waals surface area contributed by atoms with Crippen LogP contribution in [0.15, 0.2) is 5.16 Å². The highest BCUT2D eigenvalue weighted by atomic mass is 16.5. The van der Waals surface area contributed by atoms with Crippen LogP contribution in [0.1, 0.15) is 32.6 Å². The molecule has 1 aliphatic rings. The minimum Gasteiger partial charge on any atom is -0.409 e. The highest BCUT2D eigenvalue weighted by Gasteiger charge is 2.27. The van der Waals surface area contributed by atoms with Crippen LogP contribution in [-0.2, 0) is 9.53 Å². The van der Waals surface area contributed by atoms with Gasteiger partial charge in [0.25, 0.3) is 0 Å². The molecule has 1 unspecified atom stereocenters. The number of carbonyl (C=O) groups is 1. The van der Waals surface area contributed by atoms with E-state index >= 15 is 0 Å². The highest BCUT2D eigenvalue weighted by Crippen LogP contribution is 2.17. The number of ether oxygens (including phenoxy) is 1. The lowest BCUT2D eigenvalue weighted by atomic mass is 9.97. The lowest BCUT2D eigenvalue weighted by Crippen LogP contribution is -2.42. The fourth-order valence-electron chi connectivity index (χ4n) is 2.43. The van der Waals surface area contributed by atoms with Crippen molar-refractivity contribution in [2.75, 3.05) is 26.8 Å². The molecule has 3 N–H and O–H groups in total. The zero-order valence-corrected chi connectivity index (χ0v) is 11.8. The van der Waals surface area contributed by atoms with Crippen LogP contribution in [0.25, 0.3) is 0 Å². The van der Waals surface area contributed by atoms with Crippen LogP contribution in [0.3, 0.4) is 0 Å². The van der Waals surface area contributed by atoms with E-state index in [1.807, 2.05) is 6.92 Å². The minimum absolute atomic E-state index is 0.00526. The largest absolute Gasteiger partial charge is 0.409 e. The molecule has 1 heterocycles. The van der Waals surface area contributed by atoms with Crippen LogP contribution in [0.4, 0.5) is 0 Å². The monoisotopic (exact) mass is 271 g/mol. The summed E-state index contributed by atoms with van der Waals surface area (Å²) < 4.78 is 5.31. The van der Waals surface area contributed by atoms with Gasteiger partial charge in [0.1, 0.15) is 0 Å². The Morgan fingerprint density at radius 3 is 2.68 bits per heavy atom. The molecule has 0 aromatic heterocycles. The second kappa shape index (κ2) is 7.99. The normalized spacial score (nSPS) is 19.2.